The summed E-state index contributed by atoms with van der Waals surface area (Å²) in [6.45, 7) is 1.37. The molecule has 5 heteroatoms. The Morgan fingerprint density at radius 1 is 1.40 bits per heavy atom. The molecule has 1 atom stereocenters. The van der Waals surface area contributed by atoms with Gasteiger partial charge in [0.2, 0.25) is 0 Å². The van der Waals surface area contributed by atoms with Crippen LogP contribution in [0.4, 0.5) is 0 Å². The Balaban J connectivity index is 3.06. The van der Waals surface area contributed by atoms with Crippen LogP contribution in [0.25, 0.3) is 0 Å². The van der Waals surface area contributed by atoms with Gasteiger partial charge in [-0.25, -0.2) is 8.42 Å². The summed E-state index contributed by atoms with van der Waals surface area (Å²) in [5, 5.41) is -0.613. The lowest BCUT2D eigenvalue weighted by Crippen LogP contribution is -2.26. The van der Waals surface area contributed by atoms with Crippen molar-refractivity contribution in [3.05, 3.63) is 34.9 Å². The second kappa shape index (κ2) is 4.33. The van der Waals surface area contributed by atoms with E-state index in [-0.39, 0.29) is 0 Å². The van der Waals surface area contributed by atoms with Crippen LogP contribution in [0.5, 0.6) is 0 Å². The molecule has 0 saturated carbocycles. The van der Waals surface area contributed by atoms with Crippen molar-refractivity contribution < 1.29 is 13.2 Å². The maximum absolute atomic E-state index is 11.7. The zero-order chi connectivity index (χ0) is 11.6. The number of benzene rings is 1. The molecule has 1 rings (SSSR count). The van der Waals surface area contributed by atoms with Crippen molar-refractivity contribution in [1.29, 1.82) is 0 Å². The number of hydrogen-bond acceptors (Lipinski definition) is 3. The molecule has 0 heterocycles. The number of sulfone groups is 1. The number of Topliss-reactive ketones (excluding diaryl/α,β-unsaturated/α-hetero) is 1. The maximum Gasteiger partial charge on any atom is 0.180 e. The van der Waals surface area contributed by atoms with Crippen LogP contribution in [0.2, 0.25) is 5.02 Å². The first-order chi connectivity index (χ1) is 6.82. The lowest BCUT2D eigenvalue weighted by molar-refractivity contribution is 0.0991. The number of halogens is 1. The van der Waals surface area contributed by atoms with Crippen LogP contribution in [0.1, 0.15) is 17.3 Å². The summed E-state index contributed by atoms with van der Waals surface area (Å²) < 4.78 is 22.4. The van der Waals surface area contributed by atoms with Crippen LogP contribution < -0.4 is 0 Å². The standard InChI is InChI=1S/C10H11ClO3S/c1-7(15(2,13)14)10(12)8-4-3-5-9(11)6-8/h3-7H,1-2H3. The molecule has 15 heavy (non-hydrogen) atoms. The number of hydrogen-bond donors (Lipinski definition) is 0. The monoisotopic (exact) mass is 246 g/mol. The first-order valence-corrected chi connectivity index (χ1v) is 6.64. The van der Waals surface area contributed by atoms with Gasteiger partial charge in [0.25, 0.3) is 0 Å². The Morgan fingerprint density at radius 3 is 2.47 bits per heavy atom. The average Bonchev–Trinajstić information content (AvgIpc) is 2.14. The molecule has 82 valence electrons. The number of rotatable bonds is 3. The first kappa shape index (κ1) is 12.2. The molecule has 1 aromatic rings. The highest BCUT2D eigenvalue weighted by Crippen LogP contribution is 2.14. The summed E-state index contributed by atoms with van der Waals surface area (Å²) in [4.78, 5) is 11.7. The first-order valence-electron chi connectivity index (χ1n) is 4.31. The van der Waals surface area contributed by atoms with E-state index in [1.165, 1.54) is 13.0 Å². The number of carbonyl (C=O) groups excluding carboxylic acids is 1. The van der Waals surface area contributed by atoms with E-state index in [2.05, 4.69) is 0 Å². The van der Waals surface area contributed by atoms with Crippen molar-refractivity contribution in [1.82, 2.24) is 0 Å². The highest BCUT2D eigenvalue weighted by molar-refractivity contribution is 7.92. The van der Waals surface area contributed by atoms with Gasteiger partial charge in [0.05, 0.1) is 0 Å². The van der Waals surface area contributed by atoms with E-state index in [9.17, 15) is 13.2 Å². The van der Waals surface area contributed by atoms with E-state index in [0.29, 0.717) is 10.6 Å². The van der Waals surface area contributed by atoms with E-state index >= 15 is 0 Å². The molecule has 0 aromatic heterocycles. The van der Waals surface area contributed by atoms with Gasteiger partial charge in [0.1, 0.15) is 5.25 Å². The van der Waals surface area contributed by atoms with Crippen molar-refractivity contribution in [2.75, 3.05) is 6.26 Å². The molecule has 1 unspecified atom stereocenters. The lowest BCUT2D eigenvalue weighted by Gasteiger charge is -2.08. The van der Waals surface area contributed by atoms with Crippen molar-refractivity contribution in [3.8, 4) is 0 Å². The molecular formula is C10H11ClO3S. The van der Waals surface area contributed by atoms with E-state index < -0.39 is 20.9 Å². The second-order valence-corrected chi connectivity index (χ2v) is 6.15. The molecule has 0 aliphatic heterocycles. The van der Waals surface area contributed by atoms with Gasteiger partial charge in [-0.1, -0.05) is 23.7 Å². The van der Waals surface area contributed by atoms with Crippen LogP contribution >= 0.6 is 11.6 Å². The topological polar surface area (TPSA) is 51.2 Å². The van der Waals surface area contributed by atoms with Crippen LogP contribution in [0, 0.1) is 0 Å². The molecule has 0 bridgehead atoms. The van der Waals surface area contributed by atoms with Crippen LogP contribution in [0.15, 0.2) is 24.3 Å². The average molecular weight is 247 g/mol. The van der Waals surface area contributed by atoms with Crippen LogP contribution in [-0.2, 0) is 9.84 Å². The van der Waals surface area contributed by atoms with Gasteiger partial charge in [-0.2, -0.15) is 0 Å². The fourth-order valence-corrected chi connectivity index (χ4v) is 1.79. The van der Waals surface area contributed by atoms with Gasteiger partial charge < -0.3 is 0 Å². The van der Waals surface area contributed by atoms with Crippen LogP contribution in [0.3, 0.4) is 0 Å². The summed E-state index contributed by atoms with van der Waals surface area (Å²) in [6.07, 6.45) is 1.04. The van der Waals surface area contributed by atoms with Gasteiger partial charge in [-0.05, 0) is 19.1 Å². The van der Waals surface area contributed by atoms with Crippen molar-refractivity contribution >= 4 is 27.2 Å². The fraction of sp³-hybridized carbons (Fsp3) is 0.300. The van der Waals surface area contributed by atoms with Gasteiger partial charge in [-0.3, -0.25) is 4.79 Å². The predicted octanol–water partition coefficient (Wildman–Crippen LogP) is 1.96. The van der Waals surface area contributed by atoms with Crippen molar-refractivity contribution in [3.63, 3.8) is 0 Å². The summed E-state index contributed by atoms with van der Waals surface area (Å²) in [5.74, 6) is -0.431. The summed E-state index contributed by atoms with van der Waals surface area (Å²) in [5.41, 5.74) is 0.320. The van der Waals surface area contributed by atoms with Gasteiger partial charge in [-0.15, -0.1) is 0 Å². The lowest BCUT2D eigenvalue weighted by atomic mass is 10.1. The molecule has 0 N–H and O–H groups in total. The van der Waals surface area contributed by atoms with Gasteiger partial charge in [0, 0.05) is 16.8 Å². The van der Waals surface area contributed by atoms with Gasteiger partial charge in [0.15, 0.2) is 15.6 Å². The Hall–Kier alpha value is -0.870. The highest BCUT2D eigenvalue weighted by Gasteiger charge is 2.24. The molecule has 0 fully saturated rings. The summed E-state index contributed by atoms with van der Waals surface area (Å²) in [6, 6.07) is 6.26. The smallest absolute Gasteiger partial charge is 0.180 e. The van der Waals surface area contributed by atoms with E-state index in [4.69, 9.17) is 11.6 Å². The van der Waals surface area contributed by atoms with Crippen molar-refractivity contribution in [2.45, 2.75) is 12.2 Å². The Morgan fingerprint density at radius 2 is 2.00 bits per heavy atom. The fourth-order valence-electron chi connectivity index (χ4n) is 1.07. The van der Waals surface area contributed by atoms with Gasteiger partial charge >= 0.3 is 0 Å². The predicted molar refractivity (Wildman–Crippen MR) is 60.1 cm³/mol. The molecule has 0 aliphatic rings. The molecule has 3 nitrogen and oxygen atoms in total. The molecule has 0 spiro atoms. The normalized spacial score (nSPS) is 13.5. The largest absolute Gasteiger partial charge is 0.293 e. The Labute approximate surface area is 94.0 Å². The minimum atomic E-state index is -3.36. The third-order valence-corrected chi connectivity index (χ3v) is 3.85. The summed E-state index contributed by atoms with van der Waals surface area (Å²) in [7, 11) is -3.36. The Bertz CT molecular complexity index is 479. The highest BCUT2D eigenvalue weighted by atomic mass is 35.5. The molecule has 0 radical (unpaired) electrons. The third kappa shape index (κ3) is 3.04. The van der Waals surface area contributed by atoms with E-state index in [0.717, 1.165) is 6.26 Å². The third-order valence-electron chi connectivity index (χ3n) is 2.12. The molecule has 0 amide bonds. The van der Waals surface area contributed by atoms with E-state index in [1.54, 1.807) is 18.2 Å². The van der Waals surface area contributed by atoms with Crippen molar-refractivity contribution in [2.24, 2.45) is 0 Å². The van der Waals surface area contributed by atoms with Crippen LogP contribution in [-0.4, -0.2) is 25.7 Å². The number of ketones is 1. The molecule has 0 saturated heterocycles. The zero-order valence-corrected chi connectivity index (χ0v) is 9.97. The Kier molecular flexibility index (Phi) is 3.52. The second-order valence-electron chi connectivity index (χ2n) is 3.35. The number of carbonyl (C=O) groups is 1. The summed E-state index contributed by atoms with van der Waals surface area (Å²) >= 11 is 5.71. The molecule has 1 aromatic carbocycles. The quantitative estimate of drug-likeness (QED) is 0.766. The minimum absolute atomic E-state index is 0.320. The molecule has 0 aliphatic carbocycles. The van der Waals surface area contributed by atoms with E-state index in [1.807, 2.05) is 0 Å². The SMILES string of the molecule is CC(C(=O)c1cccc(Cl)c1)S(C)(=O)=O. The molecular weight excluding hydrogens is 236 g/mol. The maximum atomic E-state index is 11.7. The zero-order valence-electron chi connectivity index (χ0n) is 8.40. The minimum Gasteiger partial charge on any atom is -0.293 e.